The average Bonchev–Trinajstić information content (AvgIpc) is 2.57. The van der Waals surface area contributed by atoms with Gasteiger partial charge in [-0.05, 0) is 25.7 Å². The van der Waals surface area contributed by atoms with Crippen LogP contribution >= 0.6 is 0 Å². The van der Waals surface area contributed by atoms with E-state index in [1.54, 1.807) is 54.7 Å². The van der Waals surface area contributed by atoms with Crippen LogP contribution < -0.4 is 0 Å². The van der Waals surface area contributed by atoms with Crippen LogP contribution in [0.25, 0.3) is 0 Å². The molecule has 140 valence electrons. The number of hydrogen-bond donors (Lipinski definition) is 4. The van der Waals surface area contributed by atoms with E-state index in [4.69, 9.17) is 5.11 Å². The number of allylic oxidation sites excluding steroid dienone is 6. The van der Waals surface area contributed by atoms with Gasteiger partial charge in [0.2, 0.25) is 0 Å². The number of carboxylic acids is 1. The summed E-state index contributed by atoms with van der Waals surface area (Å²) in [7, 11) is 0. The van der Waals surface area contributed by atoms with Crippen LogP contribution in [0, 0.1) is 0 Å². The molecule has 0 saturated heterocycles. The normalized spacial score (nSPS) is 16.6. The molecule has 3 unspecified atom stereocenters. The Bertz CT molecular complexity index is 488. The monoisotopic (exact) mass is 350 g/mol. The summed E-state index contributed by atoms with van der Waals surface area (Å²) >= 11 is 0. The van der Waals surface area contributed by atoms with Crippen molar-refractivity contribution in [3.63, 3.8) is 0 Å². The van der Waals surface area contributed by atoms with Gasteiger partial charge in [-0.3, -0.25) is 4.79 Å². The lowest BCUT2D eigenvalue weighted by atomic mass is 10.1. The smallest absolute Gasteiger partial charge is 0.303 e. The summed E-state index contributed by atoms with van der Waals surface area (Å²) in [5, 5.41) is 37.2. The molecule has 5 nitrogen and oxygen atoms in total. The Morgan fingerprint density at radius 1 is 0.840 bits per heavy atom. The van der Waals surface area contributed by atoms with Gasteiger partial charge in [0.15, 0.2) is 0 Å². The first-order valence-electron chi connectivity index (χ1n) is 8.56. The molecule has 0 aliphatic rings. The third kappa shape index (κ3) is 16.7. The molecule has 0 aromatic carbocycles. The van der Waals surface area contributed by atoms with Crippen molar-refractivity contribution in [3.8, 4) is 0 Å². The minimum Gasteiger partial charge on any atom is -0.481 e. The van der Waals surface area contributed by atoms with Gasteiger partial charge in [-0.15, -0.1) is 0 Å². The van der Waals surface area contributed by atoms with E-state index >= 15 is 0 Å². The molecule has 0 aliphatic carbocycles. The molecule has 4 N–H and O–H groups in total. The predicted octanol–water partition coefficient (Wildman–Crippen LogP) is 2.91. The summed E-state index contributed by atoms with van der Waals surface area (Å²) in [5.41, 5.74) is 0. The second kappa shape index (κ2) is 15.6. The summed E-state index contributed by atoms with van der Waals surface area (Å²) in [4.78, 5) is 10.3. The van der Waals surface area contributed by atoms with Gasteiger partial charge < -0.3 is 20.4 Å². The van der Waals surface area contributed by atoms with Gasteiger partial charge in [-0.1, -0.05) is 67.7 Å². The van der Waals surface area contributed by atoms with E-state index in [9.17, 15) is 20.1 Å². The van der Waals surface area contributed by atoms with Crippen molar-refractivity contribution in [1.29, 1.82) is 0 Å². The van der Waals surface area contributed by atoms with E-state index in [-0.39, 0.29) is 6.42 Å². The highest BCUT2D eigenvalue weighted by Gasteiger charge is 2.01. The van der Waals surface area contributed by atoms with Crippen molar-refractivity contribution < 1.29 is 25.2 Å². The number of carboxylic acid groups (broad SMARTS) is 1. The van der Waals surface area contributed by atoms with E-state index in [0.717, 1.165) is 0 Å². The minimum atomic E-state index is -0.857. The zero-order valence-electron chi connectivity index (χ0n) is 14.7. The van der Waals surface area contributed by atoms with Crippen molar-refractivity contribution in [2.24, 2.45) is 0 Å². The number of aliphatic hydroxyl groups is 3. The predicted molar refractivity (Wildman–Crippen MR) is 100 cm³/mol. The Kier molecular flexibility index (Phi) is 14.4. The first-order valence-corrected chi connectivity index (χ1v) is 8.56. The van der Waals surface area contributed by atoms with Crippen LogP contribution in [0.5, 0.6) is 0 Å². The topological polar surface area (TPSA) is 98.0 Å². The molecule has 0 aromatic rings. The van der Waals surface area contributed by atoms with E-state index < -0.39 is 24.3 Å². The molecule has 5 heteroatoms. The second-order valence-corrected chi connectivity index (χ2v) is 5.60. The summed E-state index contributed by atoms with van der Waals surface area (Å²) in [6.45, 7) is 1.90. The second-order valence-electron chi connectivity index (χ2n) is 5.60. The molecular weight excluding hydrogens is 320 g/mol. The third-order valence-corrected chi connectivity index (χ3v) is 3.27. The Labute approximate surface area is 150 Å². The third-order valence-electron chi connectivity index (χ3n) is 3.27. The van der Waals surface area contributed by atoms with Gasteiger partial charge in [0.1, 0.15) is 0 Å². The fraction of sp³-hybridized carbons (Fsp3) is 0.450. The molecule has 0 saturated carbocycles. The molecule has 3 atom stereocenters. The highest BCUT2D eigenvalue weighted by molar-refractivity contribution is 5.66. The van der Waals surface area contributed by atoms with Crippen molar-refractivity contribution in [3.05, 3.63) is 60.8 Å². The maximum atomic E-state index is 10.3. The van der Waals surface area contributed by atoms with Gasteiger partial charge >= 0.3 is 5.97 Å². The molecule has 0 aliphatic heterocycles. The summed E-state index contributed by atoms with van der Waals surface area (Å²) < 4.78 is 0. The molecular formula is C20H30O5. The van der Waals surface area contributed by atoms with E-state index in [1.807, 2.05) is 13.0 Å². The van der Waals surface area contributed by atoms with Crippen molar-refractivity contribution in [1.82, 2.24) is 0 Å². The van der Waals surface area contributed by atoms with Crippen LogP contribution in [0.2, 0.25) is 0 Å². The number of aliphatic carboxylic acids is 1. The van der Waals surface area contributed by atoms with Crippen molar-refractivity contribution >= 4 is 5.97 Å². The number of aliphatic hydroxyl groups excluding tert-OH is 3. The lowest BCUT2D eigenvalue weighted by molar-refractivity contribution is -0.137. The van der Waals surface area contributed by atoms with Crippen molar-refractivity contribution in [2.45, 2.75) is 57.3 Å². The largest absolute Gasteiger partial charge is 0.481 e. The lowest BCUT2D eigenvalue weighted by Gasteiger charge is -2.02. The maximum Gasteiger partial charge on any atom is 0.303 e. The van der Waals surface area contributed by atoms with Crippen LogP contribution in [0.4, 0.5) is 0 Å². The minimum absolute atomic E-state index is 0.0603. The lowest BCUT2D eigenvalue weighted by Crippen LogP contribution is -2.03. The Balaban J connectivity index is 3.95. The highest BCUT2D eigenvalue weighted by atomic mass is 16.4. The molecule has 0 radical (unpaired) electrons. The summed E-state index contributed by atoms with van der Waals surface area (Å²) in [5.74, 6) is -0.857. The molecule has 0 spiro atoms. The SMILES string of the molecule is CCC(O)/C=C/C=C\CC(O)/C=C/C=C/C=C\C(O)CCCC(=O)O. The van der Waals surface area contributed by atoms with Crippen LogP contribution in [-0.2, 0) is 4.79 Å². The molecule has 0 heterocycles. The summed E-state index contributed by atoms with van der Waals surface area (Å²) in [6, 6.07) is 0. The molecule has 0 fully saturated rings. The molecule has 0 rings (SSSR count). The molecule has 0 aromatic heterocycles. The maximum absolute atomic E-state index is 10.3. The van der Waals surface area contributed by atoms with Crippen LogP contribution in [-0.4, -0.2) is 44.7 Å². The van der Waals surface area contributed by atoms with E-state index in [1.165, 1.54) is 0 Å². The van der Waals surface area contributed by atoms with E-state index in [0.29, 0.717) is 25.7 Å². The average molecular weight is 350 g/mol. The van der Waals surface area contributed by atoms with Gasteiger partial charge in [0.05, 0.1) is 18.3 Å². The zero-order chi connectivity index (χ0) is 18.9. The molecule has 25 heavy (non-hydrogen) atoms. The summed E-state index contributed by atoms with van der Waals surface area (Å²) in [6.07, 6.45) is 17.6. The highest BCUT2D eigenvalue weighted by Crippen LogP contribution is 2.02. The van der Waals surface area contributed by atoms with Gasteiger partial charge in [0.25, 0.3) is 0 Å². The van der Waals surface area contributed by atoms with Crippen LogP contribution in [0.1, 0.15) is 39.0 Å². The van der Waals surface area contributed by atoms with E-state index in [2.05, 4.69) is 0 Å². The van der Waals surface area contributed by atoms with Gasteiger partial charge in [-0.2, -0.15) is 0 Å². The standard InChI is InChI=1S/C20H30O5/c1-2-17(21)11-8-5-9-14-18(22)12-6-3-4-7-13-19(23)15-10-16-20(24)25/h3-9,11-13,17-19,21-23H,2,10,14-16H2,1H3,(H,24,25)/b4-3+,9-5-,11-8+,12-6+,13-7-. The molecule has 0 amide bonds. The van der Waals surface area contributed by atoms with Crippen LogP contribution in [0.3, 0.4) is 0 Å². The Hall–Kier alpha value is -1.95. The van der Waals surface area contributed by atoms with Gasteiger partial charge in [-0.25, -0.2) is 0 Å². The Morgan fingerprint density at radius 3 is 2.00 bits per heavy atom. The Morgan fingerprint density at radius 2 is 1.40 bits per heavy atom. The zero-order valence-corrected chi connectivity index (χ0v) is 14.7. The molecule has 0 bridgehead atoms. The van der Waals surface area contributed by atoms with Crippen LogP contribution in [0.15, 0.2) is 60.8 Å². The van der Waals surface area contributed by atoms with Crippen molar-refractivity contribution in [2.75, 3.05) is 0 Å². The quantitative estimate of drug-likeness (QED) is 0.383. The fourth-order valence-electron chi connectivity index (χ4n) is 1.78. The fourth-order valence-corrected chi connectivity index (χ4v) is 1.78. The number of rotatable bonds is 13. The number of hydrogen-bond acceptors (Lipinski definition) is 4. The first-order chi connectivity index (χ1) is 12.0. The number of carbonyl (C=O) groups is 1. The first kappa shape index (κ1) is 23.1. The van der Waals surface area contributed by atoms with Gasteiger partial charge in [0, 0.05) is 6.42 Å².